The van der Waals surface area contributed by atoms with Gasteiger partial charge in [0, 0.05) is 10.0 Å². The number of nitrogens with zero attached hydrogens (tertiary/aromatic N) is 2. The number of nitrogens with two attached hydrogens (primary N) is 1. The van der Waals surface area contributed by atoms with Gasteiger partial charge in [0.25, 0.3) is 0 Å². The summed E-state index contributed by atoms with van der Waals surface area (Å²) in [6.07, 6.45) is 0.775. The molecule has 5 heteroatoms. The van der Waals surface area contributed by atoms with Gasteiger partial charge >= 0.3 is 0 Å². The SMILES string of the molecule is CCC(N)c1nc(-c2ccccc2Br)no1. The molecule has 0 aliphatic heterocycles. The Labute approximate surface area is 102 Å². The molecule has 4 nitrogen and oxygen atoms in total. The Morgan fingerprint density at radius 3 is 2.88 bits per heavy atom. The van der Waals surface area contributed by atoms with Gasteiger partial charge in [-0.15, -0.1) is 0 Å². The van der Waals surface area contributed by atoms with Crippen LogP contribution in [0, 0.1) is 0 Å². The standard InChI is InChI=1S/C11H12BrN3O/c1-2-9(13)11-14-10(15-16-11)7-5-3-4-6-8(7)12/h3-6,9H,2,13H2,1H3. The zero-order chi connectivity index (χ0) is 11.5. The molecule has 1 atom stereocenters. The lowest BCUT2D eigenvalue weighted by molar-refractivity contribution is 0.352. The van der Waals surface area contributed by atoms with Gasteiger partial charge in [-0.25, -0.2) is 0 Å². The lowest BCUT2D eigenvalue weighted by Crippen LogP contribution is -2.08. The number of aromatic nitrogens is 2. The molecule has 1 aromatic heterocycles. The zero-order valence-electron chi connectivity index (χ0n) is 8.85. The fourth-order valence-electron chi connectivity index (χ4n) is 1.31. The highest BCUT2D eigenvalue weighted by atomic mass is 79.9. The molecule has 0 fully saturated rings. The predicted molar refractivity (Wildman–Crippen MR) is 64.7 cm³/mol. The van der Waals surface area contributed by atoms with Gasteiger partial charge in [0.15, 0.2) is 0 Å². The van der Waals surface area contributed by atoms with E-state index >= 15 is 0 Å². The van der Waals surface area contributed by atoms with Crippen LogP contribution in [0.25, 0.3) is 11.4 Å². The molecular weight excluding hydrogens is 270 g/mol. The minimum atomic E-state index is -0.191. The number of halogens is 1. The van der Waals surface area contributed by atoms with Crippen LogP contribution in [0.4, 0.5) is 0 Å². The maximum Gasteiger partial charge on any atom is 0.243 e. The normalized spacial score (nSPS) is 12.7. The molecular formula is C11H12BrN3O. The van der Waals surface area contributed by atoms with Gasteiger partial charge in [0.05, 0.1) is 6.04 Å². The van der Waals surface area contributed by atoms with Gasteiger partial charge in [-0.2, -0.15) is 4.98 Å². The molecule has 0 aliphatic carbocycles. The van der Waals surface area contributed by atoms with Crippen LogP contribution in [0.3, 0.4) is 0 Å². The summed E-state index contributed by atoms with van der Waals surface area (Å²) < 4.78 is 6.06. The van der Waals surface area contributed by atoms with E-state index in [0.29, 0.717) is 11.7 Å². The Bertz CT molecular complexity index is 484. The van der Waals surface area contributed by atoms with Crippen LogP contribution >= 0.6 is 15.9 Å². The molecule has 2 N–H and O–H groups in total. The van der Waals surface area contributed by atoms with Crippen molar-refractivity contribution in [3.05, 3.63) is 34.6 Å². The third kappa shape index (κ3) is 2.15. The van der Waals surface area contributed by atoms with Crippen LogP contribution in [-0.4, -0.2) is 10.1 Å². The van der Waals surface area contributed by atoms with Gasteiger partial charge in [0.1, 0.15) is 0 Å². The number of hydrogen-bond acceptors (Lipinski definition) is 4. The molecule has 0 radical (unpaired) electrons. The third-order valence-corrected chi connectivity index (χ3v) is 3.01. The van der Waals surface area contributed by atoms with E-state index in [-0.39, 0.29) is 6.04 Å². The Hall–Kier alpha value is -1.20. The molecule has 1 unspecified atom stereocenters. The molecule has 1 aromatic carbocycles. The Morgan fingerprint density at radius 1 is 1.44 bits per heavy atom. The van der Waals surface area contributed by atoms with Crippen LogP contribution < -0.4 is 5.73 Å². The molecule has 0 bridgehead atoms. The van der Waals surface area contributed by atoms with E-state index in [1.54, 1.807) is 0 Å². The first-order chi connectivity index (χ1) is 7.72. The molecule has 16 heavy (non-hydrogen) atoms. The Balaban J connectivity index is 2.35. The quantitative estimate of drug-likeness (QED) is 0.940. The highest BCUT2D eigenvalue weighted by Gasteiger charge is 2.15. The average Bonchev–Trinajstić information content (AvgIpc) is 2.78. The summed E-state index contributed by atoms with van der Waals surface area (Å²) in [7, 11) is 0. The van der Waals surface area contributed by atoms with Gasteiger partial charge < -0.3 is 10.3 Å². The summed E-state index contributed by atoms with van der Waals surface area (Å²) in [6.45, 7) is 1.98. The smallest absolute Gasteiger partial charge is 0.243 e. The van der Waals surface area contributed by atoms with E-state index in [2.05, 4.69) is 26.1 Å². The number of benzene rings is 1. The van der Waals surface area contributed by atoms with Crippen LogP contribution in [0.15, 0.2) is 33.3 Å². The van der Waals surface area contributed by atoms with Crippen LogP contribution in [0.5, 0.6) is 0 Å². The largest absolute Gasteiger partial charge is 0.337 e. The fraction of sp³-hybridized carbons (Fsp3) is 0.273. The molecule has 0 saturated heterocycles. The topological polar surface area (TPSA) is 64.9 Å². The average molecular weight is 282 g/mol. The maximum atomic E-state index is 5.82. The molecule has 0 aliphatic rings. The second-order valence-electron chi connectivity index (χ2n) is 3.45. The molecule has 2 aromatic rings. The maximum absolute atomic E-state index is 5.82. The molecule has 0 spiro atoms. The lowest BCUT2D eigenvalue weighted by atomic mass is 10.2. The molecule has 0 amide bonds. The van der Waals surface area contributed by atoms with Gasteiger partial charge in [-0.3, -0.25) is 0 Å². The van der Waals surface area contributed by atoms with Gasteiger partial charge in [0.2, 0.25) is 11.7 Å². The summed E-state index contributed by atoms with van der Waals surface area (Å²) in [6, 6.07) is 7.53. The summed E-state index contributed by atoms with van der Waals surface area (Å²) >= 11 is 3.44. The van der Waals surface area contributed by atoms with Crippen molar-refractivity contribution in [3.8, 4) is 11.4 Å². The molecule has 0 saturated carbocycles. The van der Waals surface area contributed by atoms with E-state index in [1.807, 2.05) is 31.2 Å². The first kappa shape index (κ1) is 11.3. The monoisotopic (exact) mass is 281 g/mol. The van der Waals surface area contributed by atoms with Crippen molar-refractivity contribution in [1.82, 2.24) is 10.1 Å². The first-order valence-electron chi connectivity index (χ1n) is 5.06. The minimum Gasteiger partial charge on any atom is -0.337 e. The Kier molecular flexibility index (Phi) is 3.36. The summed E-state index contributed by atoms with van der Waals surface area (Å²) in [5.74, 6) is 1.04. The van der Waals surface area contributed by atoms with E-state index in [9.17, 15) is 0 Å². The van der Waals surface area contributed by atoms with Crippen molar-refractivity contribution in [1.29, 1.82) is 0 Å². The molecule has 84 valence electrons. The second-order valence-corrected chi connectivity index (χ2v) is 4.31. The third-order valence-electron chi connectivity index (χ3n) is 2.31. The predicted octanol–water partition coefficient (Wildman–Crippen LogP) is 2.91. The summed E-state index contributed by atoms with van der Waals surface area (Å²) in [4.78, 5) is 4.28. The summed E-state index contributed by atoms with van der Waals surface area (Å²) in [5.41, 5.74) is 6.72. The first-order valence-corrected chi connectivity index (χ1v) is 5.85. The zero-order valence-corrected chi connectivity index (χ0v) is 10.4. The van der Waals surface area contributed by atoms with E-state index < -0.39 is 0 Å². The molecule has 1 heterocycles. The van der Waals surface area contributed by atoms with Gasteiger partial charge in [-0.05, 0) is 18.6 Å². The van der Waals surface area contributed by atoms with E-state index in [0.717, 1.165) is 16.5 Å². The van der Waals surface area contributed by atoms with E-state index in [1.165, 1.54) is 0 Å². The summed E-state index contributed by atoms with van der Waals surface area (Å²) in [5, 5.41) is 3.92. The van der Waals surface area contributed by atoms with Crippen molar-refractivity contribution in [2.24, 2.45) is 5.73 Å². The van der Waals surface area contributed by atoms with Crippen LogP contribution in [0.1, 0.15) is 25.3 Å². The number of rotatable bonds is 3. The van der Waals surface area contributed by atoms with Crippen molar-refractivity contribution in [2.45, 2.75) is 19.4 Å². The minimum absolute atomic E-state index is 0.191. The highest BCUT2D eigenvalue weighted by molar-refractivity contribution is 9.10. The second kappa shape index (κ2) is 4.76. The van der Waals surface area contributed by atoms with Crippen LogP contribution in [-0.2, 0) is 0 Å². The Morgan fingerprint density at radius 2 is 2.19 bits per heavy atom. The van der Waals surface area contributed by atoms with Crippen molar-refractivity contribution in [3.63, 3.8) is 0 Å². The van der Waals surface area contributed by atoms with Gasteiger partial charge in [-0.1, -0.05) is 40.1 Å². The van der Waals surface area contributed by atoms with Crippen molar-refractivity contribution in [2.75, 3.05) is 0 Å². The molecule has 2 rings (SSSR count). The number of hydrogen-bond donors (Lipinski definition) is 1. The highest BCUT2D eigenvalue weighted by Crippen LogP contribution is 2.26. The lowest BCUT2D eigenvalue weighted by Gasteiger charge is -1.99. The fourth-order valence-corrected chi connectivity index (χ4v) is 1.77. The van der Waals surface area contributed by atoms with Crippen LogP contribution in [0.2, 0.25) is 0 Å². The van der Waals surface area contributed by atoms with E-state index in [4.69, 9.17) is 10.3 Å². The van der Waals surface area contributed by atoms with Crippen molar-refractivity contribution < 1.29 is 4.52 Å². The van der Waals surface area contributed by atoms with Crippen molar-refractivity contribution >= 4 is 15.9 Å².